The second kappa shape index (κ2) is 6.99. The number of hydrogen-bond donors (Lipinski definition) is 1. The van der Waals surface area contributed by atoms with Gasteiger partial charge in [0.15, 0.2) is 5.82 Å². The fourth-order valence-corrected chi connectivity index (χ4v) is 5.90. The van der Waals surface area contributed by atoms with Crippen LogP contribution in [-0.2, 0) is 16.6 Å². The molecule has 1 N–H and O–H groups in total. The van der Waals surface area contributed by atoms with Crippen LogP contribution in [0, 0.1) is 0 Å². The summed E-state index contributed by atoms with van der Waals surface area (Å²) >= 11 is 0. The van der Waals surface area contributed by atoms with Crippen LogP contribution in [0.3, 0.4) is 0 Å². The molecule has 0 spiro atoms. The normalized spacial score (nSPS) is 20.1. The highest BCUT2D eigenvalue weighted by molar-refractivity contribution is 7.89. The minimum absolute atomic E-state index is 0.276. The van der Waals surface area contributed by atoms with Crippen LogP contribution < -0.4 is 4.90 Å². The first kappa shape index (κ1) is 17.5. The molecule has 2 aromatic heterocycles. The van der Waals surface area contributed by atoms with Gasteiger partial charge in [0, 0.05) is 32.7 Å². The number of nitrogens with one attached hydrogen (secondary N) is 1. The minimum atomic E-state index is -3.16. The van der Waals surface area contributed by atoms with Gasteiger partial charge >= 0.3 is 0 Å². The van der Waals surface area contributed by atoms with E-state index in [1.165, 1.54) is 0 Å². The summed E-state index contributed by atoms with van der Waals surface area (Å²) in [5, 5.41) is 8.40. The van der Waals surface area contributed by atoms with Crippen LogP contribution in [0.4, 0.5) is 5.95 Å². The van der Waals surface area contributed by atoms with Crippen molar-refractivity contribution in [3.63, 3.8) is 0 Å². The molecule has 26 heavy (non-hydrogen) atoms. The molecule has 0 aromatic carbocycles. The van der Waals surface area contributed by atoms with Crippen LogP contribution in [0.1, 0.15) is 32.6 Å². The minimum Gasteiger partial charge on any atom is -0.342 e. The Kier molecular flexibility index (Phi) is 4.70. The standard InChI is InChI=1S/C16H25N7O2S/c1-2-23-15(14-11-17-12-18-14)19-20-16(23)21-9-5-13(6-10-21)26(24,25)22-7-3-4-8-22/h11-13H,2-10H2,1H3,(H,17,18). The van der Waals surface area contributed by atoms with Crippen molar-refractivity contribution in [2.24, 2.45) is 0 Å². The van der Waals surface area contributed by atoms with Crippen molar-refractivity contribution in [1.29, 1.82) is 0 Å². The summed E-state index contributed by atoms with van der Waals surface area (Å²) in [6, 6.07) is 0. The molecule has 2 aliphatic heterocycles. The molecule has 2 fully saturated rings. The van der Waals surface area contributed by atoms with Gasteiger partial charge in [0.1, 0.15) is 5.69 Å². The molecule has 0 unspecified atom stereocenters. The second-order valence-electron chi connectivity index (χ2n) is 6.87. The Balaban J connectivity index is 1.48. The molecule has 10 heteroatoms. The van der Waals surface area contributed by atoms with Gasteiger partial charge in [-0.1, -0.05) is 0 Å². The first-order valence-electron chi connectivity index (χ1n) is 9.27. The predicted octanol–water partition coefficient (Wildman–Crippen LogP) is 1.08. The number of piperidine rings is 1. The second-order valence-corrected chi connectivity index (χ2v) is 9.08. The van der Waals surface area contributed by atoms with Crippen LogP contribution in [-0.4, -0.2) is 68.9 Å². The Morgan fingerprint density at radius 3 is 2.50 bits per heavy atom. The van der Waals surface area contributed by atoms with Crippen molar-refractivity contribution < 1.29 is 8.42 Å². The first-order valence-corrected chi connectivity index (χ1v) is 10.8. The molecule has 0 bridgehead atoms. The topological polar surface area (TPSA) is 100 Å². The average molecular weight is 379 g/mol. The van der Waals surface area contributed by atoms with Crippen molar-refractivity contribution in [3.8, 4) is 11.5 Å². The Morgan fingerprint density at radius 1 is 1.15 bits per heavy atom. The van der Waals surface area contributed by atoms with Gasteiger partial charge in [-0.2, -0.15) is 0 Å². The molecule has 4 rings (SSSR count). The summed E-state index contributed by atoms with van der Waals surface area (Å²) < 4.78 is 29.3. The van der Waals surface area contributed by atoms with Crippen LogP contribution in [0.25, 0.3) is 11.5 Å². The molecule has 0 atom stereocenters. The van der Waals surface area contributed by atoms with E-state index in [0.29, 0.717) is 39.0 Å². The zero-order chi connectivity index (χ0) is 18.1. The Bertz CT molecular complexity index is 832. The number of imidazole rings is 1. The highest BCUT2D eigenvalue weighted by Crippen LogP contribution is 2.28. The summed E-state index contributed by atoms with van der Waals surface area (Å²) in [6.45, 7) is 5.51. The highest BCUT2D eigenvalue weighted by atomic mass is 32.2. The number of nitrogens with zero attached hydrogens (tertiary/aromatic N) is 6. The van der Waals surface area contributed by atoms with Crippen LogP contribution >= 0.6 is 0 Å². The smallest absolute Gasteiger partial charge is 0.227 e. The lowest BCUT2D eigenvalue weighted by Gasteiger charge is -2.34. The summed E-state index contributed by atoms with van der Waals surface area (Å²) in [6.07, 6.45) is 6.58. The maximum Gasteiger partial charge on any atom is 0.227 e. The van der Waals surface area contributed by atoms with Gasteiger partial charge < -0.3 is 9.88 Å². The lowest BCUT2D eigenvalue weighted by atomic mass is 10.1. The molecule has 0 saturated carbocycles. The molecule has 0 aliphatic carbocycles. The van der Waals surface area contributed by atoms with E-state index in [0.717, 1.165) is 36.9 Å². The zero-order valence-corrected chi connectivity index (χ0v) is 15.8. The van der Waals surface area contributed by atoms with E-state index in [1.807, 2.05) is 4.57 Å². The zero-order valence-electron chi connectivity index (χ0n) is 15.0. The average Bonchev–Trinajstić information content (AvgIpc) is 3.42. The van der Waals surface area contributed by atoms with Crippen molar-refractivity contribution in [2.45, 2.75) is 44.4 Å². The van der Waals surface area contributed by atoms with E-state index in [2.05, 4.69) is 32.0 Å². The fraction of sp³-hybridized carbons (Fsp3) is 0.688. The lowest BCUT2D eigenvalue weighted by Crippen LogP contribution is -2.45. The molecular formula is C16H25N7O2S. The molecule has 2 aromatic rings. The number of hydrogen-bond acceptors (Lipinski definition) is 6. The van der Waals surface area contributed by atoms with Crippen LogP contribution in [0.15, 0.2) is 12.5 Å². The molecule has 2 saturated heterocycles. The van der Waals surface area contributed by atoms with Crippen LogP contribution in [0.5, 0.6) is 0 Å². The molecule has 4 heterocycles. The molecule has 0 radical (unpaired) electrons. The third kappa shape index (κ3) is 3.01. The molecule has 142 valence electrons. The number of aromatic nitrogens is 5. The third-order valence-corrected chi connectivity index (χ3v) is 7.76. The Labute approximate surface area is 153 Å². The third-order valence-electron chi connectivity index (χ3n) is 5.36. The van der Waals surface area contributed by atoms with Crippen molar-refractivity contribution in [3.05, 3.63) is 12.5 Å². The number of H-pyrrole nitrogens is 1. The molecular weight excluding hydrogens is 354 g/mol. The van der Waals surface area contributed by atoms with Gasteiger partial charge in [-0.3, -0.25) is 4.57 Å². The van der Waals surface area contributed by atoms with Crippen molar-refractivity contribution in [1.82, 2.24) is 29.0 Å². The first-order chi connectivity index (χ1) is 12.6. The van der Waals surface area contributed by atoms with E-state index in [4.69, 9.17) is 0 Å². The van der Waals surface area contributed by atoms with Gasteiger partial charge in [0.25, 0.3) is 0 Å². The molecule has 0 amide bonds. The summed E-state index contributed by atoms with van der Waals surface area (Å²) in [4.78, 5) is 9.26. The largest absolute Gasteiger partial charge is 0.342 e. The van der Waals surface area contributed by atoms with Crippen LogP contribution in [0.2, 0.25) is 0 Å². The molecule has 9 nitrogen and oxygen atoms in total. The van der Waals surface area contributed by atoms with Crippen molar-refractivity contribution >= 4 is 16.0 Å². The quantitative estimate of drug-likeness (QED) is 0.834. The Morgan fingerprint density at radius 2 is 1.88 bits per heavy atom. The van der Waals surface area contributed by atoms with E-state index in [1.54, 1.807) is 16.8 Å². The number of sulfonamides is 1. The number of anilines is 1. The summed E-state index contributed by atoms with van der Waals surface area (Å²) in [5.74, 6) is 1.56. The fourth-order valence-electron chi connectivity index (χ4n) is 3.90. The van der Waals surface area contributed by atoms with Gasteiger partial charge in [-0.25, -0.2) is 17.7 Å². The van der Waals surface area contributed by atoms with Gasteiger partial charge in [-0.05, 0) is 32.6 Å². The van der Waals surface area contributed by atoms with E-state index >= 15 is 0 Å². The SMILES string of the molecule is CCn1c(-c2cnc[nH]2)nnc1N1CCC(S(=O)(=O)N2CCCC2)CC1. The van der Waals surface area contributed by atoms with E-state index in [9.17, 15) is 8.42 Å². The Hall–Kier alpha value is -1.94. The van der Waals surface area contributed by atoms with E-state index < -0.39 is 10.0 Å². The van der Waals surface area contributed by atoms with E-state index in [-0.39, 0.29) is 5.25 Å². The molecule has 2 aliphatic rings. The summed E-state index contributed by atoms with van der Waals surface area (Å²) in [5.41, 5.74) is 0.831. The number of aromatic amines is 1. The van der Waals surface area contributed by atoms with Gasteiger partial charge in [0.05, 0.1) is 17.8 Å². The maximum absolute atomic E-state index is 12.8. The van der Waals surface area contributed by atoms with Crippen molar-refractivity contribution in [2.75, 3.05) is 31.1 Å². The monoisotopic (exact) mass is 379 g/mol. The van der Waals surface area contributed by atoms with Gasteiger partial charge in [0.2, 0.25) is 16.0 Å². The van der Waals surface area contributed by atoms with Gasteiger partial charge in [-0.15, -0.1) is 10.2 Å². The lowest BCUT2D eigenvalue weighted by molar-refractivity contribution is 0.444. The summed E-state index contributed by atoms with van der Waals surface area (Å²) in [7, 11) is -3.16. The predicted molar refractivity (Wildman–Crippen MR) is 98.2 cm³/mol. The number of rotatable bonds is 5. The highest BCUT2D eigenvalue weighted by Gasteiger charge is 2.36. The maximum atomic E-state index is 12.8.